The minimum absolute atomic E-state index is 0.0990. The zero-order valence-corrected chi connectivity index (χ0v) is 19.0. The minimum atomic E-state index is -0.370. The molecule has 1 N–H and O–H groups in total. The molecule has 0 aliphatic carbocycles. The van der Waals surface area contributed by atoms with Gasteiger partial charge in [0, 0.05) is 50.2 Å². The summed E-state index contributed by atoms with van der Waals surface area (Å²) in [6.07, 6.45) is 2.52. The van der Waals surface area contributed by atoms with E-state index in [0.717, 1.165) is 47.4 Å². The van der Waals surface area contributed by atoms with Crippen LogP contribution in [0.1, 0.15) is 34.5 Å². The summed E-state index contributed by atoms with van der Waals surface area (Å²) in [5.74, 6) is 0.883. The Morgan fingerprint density at radius 1 is 1.31 bits per heavy atom. The third-order valence-corrected chi connectivity index (χ3v) is 6.81. The van der Waals surface area contributed by atoms with Crippen LogP contribution >= 0.6 is 11.3 Å². The molecule has 166 valence electrons. The van der Waals surface area contributed by atoms with Gasteiger partial charge in [0.1, 0.15) is 11.6 Å². The lowest BCUT2D eigenvalue weighted by molar-refractivity contribution is -0.133. The number of carbonyl (C=O) groups excluding carboxylic acids is 1. The summed E-state index contributed by atoms with van der Waals surface area (Å²) < 4.78 is 5.41. The third-order valence-electron chi connectivity index (χ3n) is 5.90. The van der Waals surface area contributed by atoms with Gasteiger partial charge in [0.2, 0.25) is 5.91 Å². The highest BCUT2D eigenvalue weighted by atomic mass is 32.1. The Labute approximate surface area is 190 Å². The molecule has 0 radical (unpaired) electrons. The highest BCUT2D eigenvalue weighted by Gasteiger charge is 2.22. The summed E-state index contributed by atoms with van der Waals surface area (Å²) in [6.45, 7) is 7.30. The van der Waals surface area contributed by atoms with Crippen molar-refractivity contribution >= 4 is 17.2 Å². The van der Waals surface area contributed by atoms with Crippen LogP contribution in [0.3, 0.4) is 0 Å². The molecule has 1 saturated heterocycles. The average Bonchev–Trinajstić information content (AvgIpc) is 3.46. The average molecular weight is 452 g/mol. The van der Waals surface area contributed by atoms with Gasteiger partial charge < -0.3 is 14.3 Å². The molecule has 0 bridgehead atoms. The van der Waals surface area contributed by atoms with E-state index in [1.165, 1.54) is 0 Å². The molecule has 0 aromatic carbocycles. The number of nitrogens with one attached hydrogen (secondary N) is 1. The number of amides is 1. The number of carbonyl (C=O) groups is 1. The maximum Gasteiger partial charge on any atom is 0.266 e. The molecule has 8 nitrogen and oxygen atoms in total. The predicted octanol–water partition coefficient (Wildman–Crippen LogP) is 2.86. The molecule has 1 amide bonds. The van der Waals surface area contributed by atoms with E-state index in [-0.39, 0.29) is 17.0 Å². The smallest absolute Gasteiger partial charge is 0.266 e. The summed E-state index contributed by atoms with van der Waals surface area (Å²) in [5.41, 5.74) is 3.04. The molecular weight excluding hydrogens is 426 g/mol. The lowest BCUT2D eigenvalue weighted by Gasteiger charge is -2.34. The van der Waals surface area contributed by atoms with Gasteiger partial charge in [-0.15, -0.1) is 11.3 Å². The van der Waals surface area contributed by atoms with E-state index in [9.17, 15) is 14.9 Å². The summed E-state index contributed by atoms with van der Waals surface area (Å²) in [4.78, 5) is 36.2. The molecule has 0 unspecified atom stereocenters. The van der Waals surface area contributed by atoms with Crippen LogP contribution < -0.4 is 5.56 Å². The fraction of sp³-hybridized carbons (Fsp3) is 0.391. The van der Waals surface area contributed by atoms with Crippen LogP contribution in [0.2, 0.25) is 0 Å². The fourth-order valence-corrected chi connectivity index (χ4v) is 4.87. The maximum absolute atomic E-state index is 12.8. The predicted molar refractivity (Wildman–Crippen MR) is 121 cm³/mol. The number of hydrogen-bond acceptors (Lipinski definition) is 7. The number of nitriles is 1. The molecule has 0 atom stereocenters. The van der Waals surface area contributed by atoms with Gasteiger partial charge in [-0.2, -0.15) is 5.26 Å². The number of aromatic amines is 1. The SMILES string of the molecule is Cc1[nH]c(=O)c(C#N)c(C)c1CCC(=O)N1CCN(Cc2csc(-c3ccco3)n2)CC1. The molecule has 32 heavy (non-hydrogen) atoms. The number of H-pyrrole nitrogens is 1. The Kier molecular flexibility index (Phi) is 6.53. The standard InChI is InChI=1S/C23H25N5O3S/c1-15-18(16(2)25-22(30)19(15)12-24)5-6-21(29)28-9-7-27(8-10-28)13-17-14-32-23(26-17)20-4-3-11-31-20/h3-4,11,14H,5-10,13H2,1-2H3,(H,25,30). The van der Waals surface area contributed by atoms with Gasteiger partial charge in [0.15, 0.2) is 10.8 Å². The van der Waals surface area contributed by atoms with Gasteiger partial charge in [-0.1, -0.05) is 0 Å². The van der Waals surface area contributed by atoms with E-state index in [4.69, 9.17) is 4.42 Å². The Balaban J connectivity index is 1.29. The molecule has 1 aliphatic heterocycles. The van der Waals surface area contributed by atoms with Crippen molar-refractivity contribution in [2.45, 2.75) is 33.2 Å². The van der Waals surface area contributed by atoms with Crippen LogP contribution in [0.25, 0.3) is 10.8 Å². The molecule has 9 heteroatoms. The van der Waals surface area contributed by atoms with E-state index in [1.807, 2.05) is 30.0 Å². The van der Waals surface area contributed by atoms with Gasteiger partial charge >= 0.3 is 0 Å². The first-order valence-corrected chi connectivity index (χ1v) is 11.4. The normalized spacial score (nSPS) is 14.5. The van der Waals surface area contributed by atoms with Crippen molar-refractivity contribution in [1.82, 2.24) is 19.8 Å². The van der Waals surface area contributed by atoms with Crippen molar-refractivity contribution in [2.75, 3.05) is 26.2 Å². The quantitative estimate of drug-likeness (QED) is 0.618. The number of thiazole rings is 1. The Morgan fingerprint density at radius 3 is 2.78 bits per heavy atom. The van der Waals surface area contributed by atoms with Crippen LogP contribution in [-0.4, -0.2) is 51.9 Å². The molecule has 1 aliphatic rings. The van der Waals surface area contributed by atoms with Crippen molar-refractivity contribution < 1.29 is 9.21 Å². The lowest BCUT2D eigenvalue weighted by atomic mass is 9.99. The highest BCUT2D eigenvalue weighted by Crippen LogP contribution is 2.24. The Bertz CT molecular complexity index is 1200. The summed E-state index contributed by atoms with van der Waals surface area (Å²) >= 11 is 1.57. The molecule has 3 aromatic heterocycles. The monoisotopic (exact) mass is 451 g/mol. The third kappa shape index (κ3) is 4.66. The summed E-state index contributed by atoms with van der Waals surface area (Å²) in [5, 5.41) is 12.2. The van der Waals surface area contributed by atoms with E-state index < -0.39 is 0 Å². The number of aryl methyl sites for hydroxylation is 1. The first kappa shape index (κ1) is 22.0. The highest BCUT2D eigenvalue weighted by molar-refractivity contribution is 7.13. The lowest BCUT2D eigenvalue weighted by Crippen LogP contribution is -2.48. The minimum Gasteiger partial charge on any atom is -0.462 e. The van der Waals surface area contributed by atoms with Crippen molar-refractivity contribution in [2.24, 2.45) is 0 Å². The van der Waals surface area contributed by atoms with Crippen LogP contribution in [0.4, 0.5) is 0 Å². The van der Waals surface area contributed by atoms with Crippen molar-refractivity contribution in [3.63, 3.8) is 0 Å². The zero-order chi connectivity index (χ0) is 22.7. The number of furan rings is 1. The number of hydrogen-bond donors (Lipinski definition) is 1. The van der Waals surface area contributed by atoms with Crippen molar-refractivity contribution in [3.05, 3.63) is 62.2 Å². The molecule has 0 spiro atoms. The van der Waals surface area contributed by atoms with E-state index >= 15 is 0 Å². The van der Waals surface area contributed by atoms with E-state index in [1.54, 1.807) is 24.5 Å². The van der Waals surface area contributed by atoms with Crippen LogP contribution in [0.5, 0.6) is 0 Å². The first-order chi connectivity index (χ1) is 15.5. The maximum atomic E-state index is 12.8. The molecule has 1 fully saturated rings. The molecule has 0 saturated carbocycles. The first-order valence-electron chi connectivity index (χ1n) is 10.6. The molecule has 4 heterocycles. The topological polar surface area (TPSA) is 106 Å². The largest absolute Gasteiger partial charge is 0.462 e. The van der Waals surface area contributed by atoms with Crippen LogP contribution in [0, 0.1) is 25.2 Å². The number of rotatable bonds is 6. The number of aromatic nitrogens is 2. The Morgan fingerprint density at radius 2 is 2.09 bits per heavy atom. The fourth-order valence-electron chi connectivity index (χ4n) is 4.09. The zero-order valence-electron chi connectivity index (χ0n) is 18.2. The van der Waals surface area contributed by atoms with Gasteiger partial charge in [0.05, 0.1) is 12.0 Å². The summed E-state index contributed by atoms with van der Waals surface area (Å²) in [6, 6.07) is 5.73. The second kappa shape index (κ2) is 9.51. The van der Waals surface area contributed by atoms with E-state index in [0.29, 0.717) is 31.5 Å². The van der Waals surface area contributed by atoms with Crippen LogP contribution in [-0.2, 0) is 17.8 Å². The van der Waals surface area contributed by atoms with E-state index in [2.05, 4.69) is 20.2 Å². The molecular formula is C23H25N5O3S. The summed E-state index contributed by atoms with van der Waals surface area (Å²) in [7, 11) is 0. The molecule has 4 rings (SSSR count). The second-order valence-corrected chi connectivity index (χ2v) is 8.81. The second-order valence-electron chi connectivity index (χ2n) is 7.95. The number of pyridine rings is 1. The van der Waals surface area contributed by atoms with Crippen molar-refractivity contribution in [1.29, 1.82) is 5.26 Å². The van der Waals surface area contributed by atoms with Crippen LogP contribution in [0.15, 0.2) is 33.0 Å². The van der Waals surface area contributed by atoms with Gasteiger partial charge in [0.25, 0.3) is 5.56 Å². The Hall–Kier alpha value is -3.22. The molecule has 3 aromatic rings. The van der Waals surface area contributed by atoms with Gasteiger partial charge in [-0.3, -0.25) is 14.5 Å². The van der Waals surface area contributed by atoms with Gasteiger partial charge in [-0.25, -0.2) is 4.98 Å². The van der Waals surface area contributed by atoms with Crippen molar-refractivity contribution in [3.8, 4) is 16.8 Å². The number of piperazine rings is 1. The number of nitrogens with zero attached hydrogens (tertiary/aromatic N) is 4. The van der Waals surface area contributed by atoms with Gasteiger partial charge in [-0.05, 0) is 43.5 Å².